The zero-order chi connectivity index (χ0) is 19.4. The van der Waals surface area contributed by atoms with Crippen LogP contribution in [0.1, 0.15) is 32.3 Å². The number of pyridine rings is 1. The molecule has 7 heteroatoms. The maximum absolute atomic E-state index is 11.4. The van der Waals surface area contributed by atoms with Crippen molar-refractivity contribution in [3.05, 3.63) is 35.0 Å². The molecule has 3 rings (SSSR count). The number of amides is 1. The number of hydrogen-bond acceptors (Lipinski definition) is 5. The first kappa shape index (κ1) is 19.3. The van der Waals surface area contributed by atoms with Crippen molar-refractivity contribution in [3.8, 4) is 22.6 Å². The second kappa shape index (κ2) is 8.48. The van der Waals surface area contributed by atoms with Gasteiger partial charge in [0.15, 0.2) is 0 Å². The molecule has 0 radical (unpaired) electrons. The first-order valence-electron chi connectivity index (χ1n) is 8.92. The number of ether oxygens (including phenoxy) is 3. The summed E-state index contributed by atoms with van der Waals surface area (Å²) in [5.41, 5.74) is 2.66. The van der Waals surface area contributed by atoms with Crippen molar-refractivity contribution in [1.82, 2.24) is 4.98 Å². The highest BCUT2D eigenvalue weighted by Crippen LogP contribution is 2.46. The van der Waals surface area contributed by atoms with Gasteiger partial charge < -0.3 is 14.2 Å². The maximum Gasteiger partial charge on any atom is 0.412 e. The number of carbonyl (C=O) groups is 1. The van der Waals surface area contributed by atoms with Gasteiger partial charge in [0.2, 0.25) is 0 Å². The highest BCUT2D eigenvalue weighted by atomic mass is 35.5. The van der Waals surface area contributed by atoms with Gasteiger partial charge in [-0.3, -0.25) is 5.32 Å². The molecule has 1 aliphatic heterocycles. The molecular weight excluding hydrogens is 368 g/mol. The van der Waals surface area contributed by atoms with E-state index >= 15 is 0 Å². The zero-order valence-corrected chi connectivity index (χ0v) is 16.4. The molecule has 0 spiro atoms. The van der Waals surface area contributed by atoms with Crippen LogP contribution in [-0.2, 0) is 11.3 Å². The summed E-state index contributed by atoms with van der Waals surface area (Å²) < 4.78 is 16.3. The summed E-state index contributed by atoms with van der Waals surface area (Å²) in [7, 11) is 1.30. The summed E-state index contributed by atoms with van der Waals surface area (Å²) in [4.78, 5) is 15.6. The van der Waals surface area contributed by atoms with E-state index in [9.17, 15) is 4.79 Å². The average Bonchev–Trinajstić information content (AvgIpc) is 2.66. The molecule has 0 unspecified atom stereocenters. The summed E-state index contributed by atoms with van der Waals surface area (Å²) in [5, 5.41) is 3.03. The minimum atomic E-state index is -0.571. The molecule has 0 fully saturated rings. The third-order valence-electron chi connectivity index (χ3n) is 4.31. The lowest BCUT2D eigenvalue weighted by Crippen LogP contribution is -2.14. The molecule has 2 heterocycles. The largest absolute Gasteiger partial charge is 0.492 e. The summed E-state index contributed by atoms with van der Waals surface area (Å²) in [6.45, 7) is 5.35. The van der Waals surface area contributed by atoms with Crippen LogP contribution in [0.25, 0.3) is 11.1 Å². The number of hydrogen-bond donors (Lipinski definition) is 1. The van der Waals surface area contributed by atoms with Gasteiger partial charge in [-0.15, -0.1) is 0 Å². The SMILES string of the molecule is COC(=O)Nc1cc2c(cn1)COc1c-2ccc(OCCCC(C)C)c1Cl. The van der Waals surface area contributed by atoms with Crippen LogP contribution in [0.15, 0.2) is 24.4 Å². The van der Waals surface area contributed by atoms with E-state index in [4.69, 9.17) is 21.1 Å². The minimum Gasteiger partial charge on any atom is -0.492 e. The average molecular weight is 391 g/mol. The summed E-state index contributed by atoms with van der Waals surface area (Å²) in [6, 6.07) is 5.55. The molecule has 1 aromatic heterocycles. The second-order valence-corrected chi connectivity index (χ2v) is 7.15. The molecule has 144 valence electrons. The molecule has 1 amide bonds. The Morgan fingerprint density at radius 2 is 2.19 bits per heavy atom. The molecule has 0 bridgehead atoms. The molecule has 6 nitrogen and oxygen atoms in total. The first-order valence-corrected chi connectivity index (χ1v) is 9.29. The molecule has 1 aliphatic rings. The molecule has 0 saturated carbocycles. The van der Waals surface area contributed by atoms with E-state index in [1.807, 2.05) is 12.1 Å². The fraction of sp³-hybridized carbons (Fsp3) is 0.400. The Morgan fingerprint density at radius 3 is 2.93 bits per heavy atom. The fourth-order valence-corrected chi connectivity index (χ4v) is 3.17. The van der Waals surface area contributed by atoms with Crippen LogP contribution >= 0.6 is 11.6 Å². The Hall–Kier alpha value is -2.47. The van der Waals surface area contributed by atoms with Gasteiger partial charge in [-0.25, -0.2) is 9.78 Å². The normalized spacial score (nSPS) is 12.0. The molecule has 0 saturated heterocycles. The van der Waals surface area contributed by atoms with E-state index < -0.39 is 6.09 Å². The maximum atomic E-state index is 11.4. The van der Waals surface area contributed by atoms with Gasteiger partial charge >= 0.3 is 6.09 Å². The fourth-order valence-electron chi connectivity index (χ4n) is 2.90. The second-order valence-electron chi connectivity index (χ2n) is 6.77. The molecule has 0 aliphatic carbocycles. The molecular formula is C20H23ClN2O4. The van der Waals surface area contributed by atoms with E-state index in [0.29, 0.717) is 41.5 Å². The monoisotopic (exact) mass is 390 g/mol. The number of nitrogens with one attached hydrogen (secondary N) is 1. The lowest BCUT2D eigenvalue weighted by Gasteiger charge is -2.23. The predicted octanol–water partition coefficient (Wildman–Crippen LogP) is 5.29. The summed E-state index contributed by atoms with van der Waals surface area (Å²) in [5.74, 6) is 2.25. The number of fused-ring (bicyclic) bond motifs is 3. The Kier molecular flexibility index (Phi) is 6.06. The van der Waals surface area contributed by atoms with Crippen molar-refractivity contribution >= 4 is 23.5 Å². The van der Waals surface area contributed by atoms with Crippen molar-refractivity contribution in [2.75, 3.05) is 19.0 Å². The molecule has 27 heavy (non-hydrogen) atoms. The summed E-state index contributed by atoms with van der Waals surface area (Å²) in [6.07, 6.45) is 3.18. The van der Waals surface area contributed by atoms with Crippen molar-refractivity contribution in [2.24, 2.45) is 5.92 Å². The molecule has 1 N–H and O–H groups in total. The Labute approximate surface area is 163 Å². The van der Waals surface area contributed by atoms with Crippen LogP contribution in [0.4, 0.5) is 10.6 Å². The van der Waals surface area contributed by atoms with E-state index in [1.54, 1.807) is 12.3 Å². The Bertz CT molecular complexity index is 839. The van der Waals surface area contributed by atoms with E-state index in [2.05, 4.69) is 28.9 Å². The highest BCUT2D eigenvalue weighted by molar-refractivity contribution is 6.34. The number of anilines is 1. The topological polar surface area (TPSA) is 69.7 Å². The van der Waals surface area contributed by atoms with Crippen LogP contribution in [0.5, 0.6) is 11.5 Å². The standard InChI is InChI=1S/C20H23ClN2O4/c1-12(2)5-4-8-26-16-7-6-14-15-9-17(23-20(24)25-3)22-10-13(15)11-27-19(14)18(16)21/h6-7,9-10,12H,4-5,8,11H2,1-3H3,(H,22,23,24). The van der Waals surface area contributed by atoms with Crippen molar-refractivity contribution in [2.45, 2.75) is 33.3 Å². The van der Waals surface area contributed by atoms with E-state index in [0.717, 1.165) is 29.5 Å². The van der Waals surface area contributed by atoms with Crippen molar-refractivity contribution < 1.29 is 19.0 Å². The number of rotatable bonds is 6. The van der Waals surface area contributed by atoms with Gasteiger partial charge in [-0.2, -0.15) is 0 Å². The lowest BCUT2D eigenvalue weighted by molar-refractivity contribution is 0.187. The highest BCUT2D eigenvalue weighted by Gasteiger charge is 2.23. The van der Waals surface area contributed by atoms with Crippen LogP contribution in [0, 0.1) is 5.92 Å². The van der Waals surface area contributed by atoms with Gasteiger partial charge in [0.25, 0.3) is 0 Å². The van der Waals surface area contributed by atoms with Crippen LogP contribution in [0.3, 0.4) is 0 Å². The first-order chi connectivity index (χ1) is 13.0. The minimum absolute atomic E-state index is 0.352. The smallest absolute Gasteiger partial charge is 0.412 e. The van der Waals surface area contributed by atoms with Crippen molar-refractivity contribution in [3.63, 3.8) is 0 Å². The number of halogens is 1. The summed E-state index contributed by atoms with van der Waals surface area (Å²) >= 11 is 6.53. The van der Waals surface area contributed by atoms with Crippen LogP contribution < -0.4 is 14.8 Å². The number of benzene rings is 1. The van der Waals surface area contributed by atoms with Gasteiger partial charge in [0.05, 0.1) is 13.7 Å². The Balaban J connectivity index is 1.83. The molecule has 0 atom stereocenters. The van der Waals surface area contributed by atoms with Gasteiger partial charge in [-0.1, -0.05) is 25.4 Å². The van der Waals surface area contributed by atoms with E-state index in [-0.39, 0.29) is 0 Å². The van der Waals surface area contributed by atoms with E-state index in [1.165, 1.54) is 7.11 Å². The van der Waals surface area contributed by atoms with Gasteiger partial charge in [0, 0.05) is 17.3 Å². The zero-order valence-electron chi connectivity index (χ0n) is 15.7. The number of nitrogens with zero attached hydrogens (tertiary/aromatic N) is 1. The number of methoxy groups -OCH3 is 1. The third-order valence-corrected chi connectivity index (χ3v) is 4.67. The van der Waals surface area contributed by atoms with Gasteiger partial charge in [0.1, 0.15) is 28.9 Å². The number of carbonyl (C=O) groups excluding carboxylic acids is 1. The predicted molar refractivity (Wildman–Crippen MR) is 105 cm³/mol. The third kappa shape index (κ3) is 4.45. The van der Waals surface area contributed by atoms with Crippen LogP contribution in [0.2, 0.25) is 5.02 Å². The van der Waals surface area contributed by atoms with Crippen molar-refractivity contribution in [1.29, 1.82) is 0 Å². The molecule has 2 aromatic rings. The lowest BCUT2D eigenvalue weighted by atomic mass is 9.98. The molecule has 1 aromatic carbocycles. The number of aromatic nitrogens is 1. The Morgan fingerprint density at radius 1 is 1.37 bits per heavy atom. The van der Waals surface area contributed by atoms with Gasteiger partial charge in [-0.05, 0) is 42.5 Å². The quantitative estimate of drug-likeness (QED) is 0.679. The van der Waals surface area contributed by atoms with Crippen LogP contribution in [-0.4, -0.2) is 24.8 Å².